The molecule has 0 spiro atoms. The van der Waals surface area contributed by atoms with Crippen LogP contribution in [0, 0.1) is 12.8 Å². The molecule has 0 saturated carbocycles. The Balaban J connectivity index is 2.29. The number of β-amino-alcohol motifs (C(OH)–C–C–N with tert-alkyl or cyclic N) is 1. The molecule has 106 valence electrons. The zero-order valence-corrected chi connectivity index (χ0v) is 12.8. The highest BCUT2D eigenvalue weighted by atomic mass is 35.5. The van der Waals surface area contributed by atoms with E-state index in [2.05, 4.69) is 0 Å². The van der Waals surface area contributed by atoms with Crippen molar-refractivity contribution < 1.29 is 13.5 Å². The number of hydrogen-bond acceptors (Lipinski definition) is 3. The molecule has 1 aromatic rings. The summed E-state index contributed by atoms with van der Waals surface area (Å²) in [5, 5.41) is 10.6. The van der Waals surface area contributed by atoms with Gasteiger partial charge in [-0.15, -0.1) is 0 Å². The van der Waals surface area contributed by atoms with Gasteiger partial charge in [-0.25, -0.2) is 8.42 Å². The van der Waals surface area contributed by atoms with Crippen molar-refractivity contribution in [3.8, 4) is 0 Å². The van der Waals surface area contributed by atoms with Gasteiger partial charge in [0.25, 0.3) is 0 Å². The standard InChI is InChI=1S/C13H18ClNO3S/c1-9(2)13(16)7-15(8-13)19(17,18)12-6-11(14)5-4-10(12)3/h4-6,9,16H,7-8H2,1-3H3. The minimum absolute atomic E-state index is 0.0272. The van der Waals surface area contributed by atoms with E-state index in [4.69, 9.17) is 11.6 Å². The van der Waals surface area contributed by atoms with E-state index >= 15 is 0 Å². The van der Waals surface area contributed by atoms with Gasteiger partial charge in [-0.2, -0.15) is 4.31 Å². The predicted molar refractivity (Wildman–Crippen MR) is 74.7 cm³/mol. The second kappa shape index (κ2) is 4.74. The first kappa shape index (κ1) is 14.8. The molecule has 19 heavy (non-hydrogen) atoms. The highest BCUT2D eigenvalue weighted by Gasteiger charge is 2.49. The zero-order valence-electron chi connectivity index (χ0n) is 11.2. The number of aliphatic hydroxyl groups is 1. The molecule has 6 heteroatoms. The van der Waals surface area contributed by atoms with Gasteiger partial charge in [0.05, 0.1) is 10.5 Å². The first-order valence-corrected chi connectivity index (χ1v) is 7.97. The average Bonchev–Trinajstić information content (AvgIpc) is 2.27. The second-order valence-electron chi connectivity index (χ2n) is 5.44. The van der Waals surface area contributed by atoms with Gasteiger partial charge in [-0.3, -0.25) is 0 Å². The first-order chi connectivity index (χ1) is 8.67. The number of nitrogens with zero attached hydrogens (tertiary/aromatic N) is 1. The van der Waals surface area contributed by atoms with Gasteiger partial charge in [0.2, 0.25) is 10.0 Å². The zero-order chi connectivity index (χ0) is 14.4. The smallest absolute Gasteiger partial charge is 0.243 e. The molecule has 0 radical (unpaired) electrons. The van der Waals surface area contributed by atoms with Crippen LogP contribution in [0.5, 0.6) is 0 Å². The van der Waals surface area contributed by atoms with Crippen molar-refractivity contribution in [3.05, 3.63) is 28.8 Å². The number of rotatable bonds is 3. The molecule has 1 heterocycles. The van der Waals surface area contributed by atoms with Crippen molar-refractivity contribution in [1.29, 1.82) is 0 Å². The van der Waals surface area contributed by atoms with Crippen LogP contribution in [-0.2, 0) is 10.0 Å². The maximum absolute atomic E-state index is 12.5. The molecule has 0 aliphatic carbocycles. The topological polar surface area (TPSA) is 57.6 Å². The molecule has 0 unspecified atom stereocenters. The van der Waals surface area contributed by atoms with Crippen LogP contribution in [0.2, 0.25) is 5.02 Å². The highest BCUT2D eigenvalue weighted by molar-refractivity contribution is 7.89. The van der Waals surface area contributed by atoms with Crippen LogP contribution in [0.3, 0.4) is 0 Å². The summed E-state index contributed by atoms with van der Waals surface area (Å²) in [6, 6.07) is 4.80. The molecule has 0 bridgehead atoms. The van der Waals surface area contributed by atoms with Gasteiger partial charge in [0, 0.05) is 18.1 Å². The van der Waals surface area contributed by atoms with Crippen LogP contribution in [0.1, 0.15) is 19.4 Å². The van der Waals surface area contributed by atoms with E-state index in [1.165, 1.54) is 10.4 Å². The number of halogens is 1. The summed E-state index contributed by atoms with van der Waals surface area (Å²) in [6.07, 6.45) is 0. The summed E-state index contributed by atoms with van der Waals surface area (Å²) < 4.78 is 26.2. The third kappa shape index (κ3) is 2.52. The molecule has 0 atom stereocenters. The van der Waals surface area contributed by atoms with E-state index in [0.29, 0.717) is 10.6 Å². The van der Waals surface area contributed by atoms with Crippen LogP contribution >= 0.6 is 11.6 Å². The van der Waals surface area contributed by atoms with Gasteiger partial charge < -0.3 is 5.11 Å². The van der Waals surface area contributed by atoms with Crippen LogP contribution in [0.15, 0.2) is 23.1 Å². The minimum Gasteiger partial charge on any atom is -0.387 e. The fourth-order valence-electron chi connectivity index (χ4n) is 2.09. The van der Waals surface area contributed by atoms with Gasteiger partial charge in [0.15, 0.2) is 0 Å². The second-order valence-corrected chi connectivity index (χ2v) is 7.78. The number of sulfonamides is 1. The summed E-state index contributed by atoms with van der Waals surface area (Å²) in [6.45, 7) is 5.78. The molecule has 1 aliphatic heterocycles. The highest BCUT2D eigenvalue weighted by Crippen LogP contribution is 2.34. The quantitative estimate of drug-likeness (QED) is 0.929. The van der Waals surface area contributed by atoms with Crippen LogP contribution in [0.25, 0.3) is 0 Å². The first-order valence-electron chi connectivity index (χ1n) is 6.15. The number of aryl methyl sites for hydroxylation is 1. The molecule has 1 N–H and O–H groups in total. The molecular formula is C13H18ClNO3S. The lowest BCUT2D eigenvalue weighted by Crippen LogP contribution is -2.65. The molecule has 1 aromatic carbocycles. The maximum Gasteiger partial charge on any atom is 0.243 e. The SMILES string of the molecule is Cc1ccc(Cl)cc1S(=O)(=O)N1CC(O)(C(C)C)C1. The summed E-state index contributed by atoms with van der Waals surface area (Å²) in [5.74, 6) is 0.0272. The van der Waals surface area contributed by atoms with Crippen molar-refractivity contribution in [2.24, 2.45) is 5.92 Å². The molecule has 1 saturated heterocycles. The maximum atomic E-state index is 12.5. The number of benzene rings is 1. The van der Waals surface area contributed by atoms with E-state index in [0.717, 1.165) is 0 Å². The Kier molecular flexibility index (Phi) is 3.68. The summed E-state index contributed by atoms with van der Waals surface area (Å²) in [4.78, 5) is 0.214. The summed E-state index contributed by atoms with van der Waals surface area (Å²) >= 11 is 5.86. The van der Waals surface area contributed by atoms with Crippen molar-refractivity contribution in [2.75, 3.05) is 13.1 Å². The largest absolute Gasteiger partial charge is 0.387 e. The third-order valence-corrected chi connectivity index (χ3v) is 5.91. The monoisotopic (exact) mass is 303 g/mol. The van der Waals surface area contributed by atoms with E-state index < -0.39 is 15.6 Å². The molecule has 4 nitrogen and oxygen atoms in total. The van der Waals surface area contributed by atoms with E-state index in [1.54, 1.807) is 19.1 Å². The average molecular weight is 304 g/mol. The minimum atomic E-state index is -3.57. The van der Waals surface area contributed by atoms with E-state index in [9.17, 15) is 13.5 Å². The molecule has 0 aromatic heterocycles. The van der Waals surface area contributed by atoms with E-state index in [-0.39, 0.29) is 23.9 Å². The molecular weight excluding hydrogens is 286 g/mol. The fourth-order valence-corrected chi connectivity index (χ4v) is 4.14. The van der Waals surface area contributed by atoms with Gasteiger partial charge >= 0.3 is 0 Å². The lowest BCUT2D eigenvalue weighted by molar-refractivity contribution is -0.0932. The van der Waals surface area contributed by atoms with Crippen molar-refractivity contribution in [3.63, 3.8) is 0 Å². The van der Waals surface area contributed by atoms with Crippen molar-refractivity contribution >= 4 is 21.6 Å². The van der Waals surface area contributed by atoms with Crippen molar-refractivity contribution in [2.45, 2.75) is 31.3 Å². The lowest BCUT2D eigenvalue weighted by atomic mass is 9.85. The van der Waals surface area contributed by atoms with Gasteiger partial charge in [0.1, 0.15) is 0 Å². The lowest BCUT2D eigenvalue weighted by Gasteiger charge is -2.48. The molecule has 2 rings (SSSR count). The fraction of sp³-hybridized carbons (Fsp3) is 0.538. The van der Waals surface area contributed by atoms with Gasteiger partial charge in [-0.1, -0.05) is 31.5 Å². The van der Waals surface area contributed by atoms with Crippen LogP contribution < -0.4 is 0 Å². The van der Waals surface area contributed by atoms with Crippen molar-refractivity contribution in [1.82, 2.24) is 4.31 Å². The summed E-state index contributed by atoms with van der Waals surface area (Å²) in [5.41, 5.74) is -0.260. The molecule has 1 aliphatic rings. The normalized spacial score (nSPS) is 19.5. The Labute approximate surface area is 119 Å². The Bertz CT molecular complexity index is 592. The van der Waals surface area contributed by atoms with Gasteiger partial charge in [-0.05, 0) is 30.5 Å². The Hall–Kier alpha value is -0.620. The predicted octanol–water partition coefficient (Wildman–Crippen LogP) is 2.04. The molecule has 0 amide bonds. The summed E-state index contributed by atoms with van der Waals surface area (Å²) in [7, 11) is -3.57. The Morgan fingerprint density at radius 3 is 2.47 bits per heavy atom. The Morgan fingerprint density at radius 1 is 1.37 bits per heavy atom. The number of hydrogen-bond donors (Lipinski definition) is 1. The third-order valence-electron chi connectivity index (χ3n) is 3.74. The molecule has 1 fully saturated rings. The van der Waals surface area contributed by atoms with Crippen LogP contribution in [0.4, 0.5) is 0 Å². The Morgan fingerprint density at radius 2 is 1.95 bits per heavy atom. The van der Waals surface area contributed by atoms with E-state index in [1.807, 2.05) is 13.8 Å². The van der Waals surface area contributed by atoms with Crippen LogP contribution in [-0.4, -0.2) is 36.5 Å².